The van der Waals surface area contributed by atoms with Crippen LogP contribution in [0.25, 0.3) is 0 Å². The molecule has 0 spiro atoms. The molecule has 5 heteroatoms. The average Bonchev–Trinajstić information content (AvgIpc) is 2.78. The number of rotatable bonds is 1. The van der Waals surface area contributed by atoms with Crippen LogP contribution in [-0.4, -0.2) is 33.7 Å². The molecule has 0 saturated carbocycles. The van der Waals surface area contributed by atoms with Gasteiger partial charge in [0.2, 0.25) is 5.91 Å². The van der Waals surface area contributed by atoms with Gasteiger partial charge >= 0.3 is 5.97 Å². The molecule has 19 heavy (non-hydrogen) atoms. The van der Waals surface area contributed by atoms with Gasteiger partial charge in [0.15, 0.2) is 6.04 Å². The highest BCUT2D eigenvalue weighted by Crippen LogP contribution is 2.35. The van der Waals surface area contributed by atoms with Gasteiger partial charge in [-0.2, -0.15) is 5.10 Å². The summed E-state index contributed by atoms with van der Waals surface area (Å²) in [4.78, 5) is 23.0. The van der Waals surface area contributed by atoms with Crippen molar-refractivity contribution in [2.24, 2.45) is 11.0 Å². The minimum absolute atomic E-state index is 0.198. The Balaban J connectivity index is 2.09. The van der Waals surface area contributed by atoms with Crippen LogP contribution in [0.3, 0.4) is 0 Å². The fraction of sp³-hybridized carbons (Fsp3) is 0.357. The first-order valence-electron chi connectivity index (χ1n) is 6.29. The van der Waals surface area contributed by atoms with Gasteiger partial charge in [-0.05, 0) is 18.4 Å². The Bertz CT molecular complexity index is 594. The van der Waals surface area contributed by atoms with Crippen LogP contribution in [0.4, 0.5) is 0 Å². The van der Waals surface area contributed by atoms with Crippen LogP contribution in [-0.2, 0) is 16.0 Å². The number of hydrogen-bond donors (Lipinski definition) is 1. The van der Waals surface area contributed by atoms with Crippen molar-refractivity contribution >= 4 is 17.6 Å². The number of carboxylic acids is 1. The maximum absolute atomic E-state index is 11.6. The van der Waals surface area contributed by atoms with Crippen LogP contribution in [0.15, 0.2) is 29.4 Å². The van der Waals surface area contributed by atoms with Crippen molar-refractivity contribution in [2.75, 3.05) is 0 Å². The number of benzene rings is 1. The first-order valence-corrected chi connectivity index (χ1v) is 6.29. The zero-order valence-electron chi connectivity index (χ0n) is 10.5. The highest BCUT2D eigenvalue weighted by atomic mass is 16.4. The number of aryl methyl sites for hydroxylation is 1. The molecular weight excluding hydrogens is 244 g/mol. The molecule has 0 saturated heterocycles. The highest BCUT2D eigenvalue weighted by molar-refractivity contribution is 6.09. The first-order chi connectivity index (χ1) is 9.09. The zero-order valence-corrected chi connectivity index (χ0v) is 10.5. The molecule has 1 aromatic rings. The molecule has 0 aromatic heterocycles. The molecule has 1 heterocycles. The SMILES string of the molecule is CC(=O)N1N=C2c3ccccc3CCC2C1C(=O)O. The van der Waals surface area contributed by atoms with Crippen molar-refractivity contribution in [1.29, 1.82) is 0 Å². The van der Waals surface area contributed by atoms with Gasteiger partial charge in [0.1, 0.15) is 0 Å². The molecule has 2 atom stereocenters. The van der Waals surface area contributed by atoms with E-state index in [0.717, 1.165) is 29.1 Å². The van der Waals surface area contributed by atoms with Crippen LogP contribution < -0.4 is 0 Å². The number of aliphatic carboxylic acids is 1. The Morgan fingerprint density at radius 2 is 2.11 bits per heavy atom. The lowest BCUT2D eigenvalue weighted by Crippen LogP contribution is -2.43. The summed E-state index contributed by atoms with van der Waals surface area (Å²) in [6, 6.07) is 6.99. The van der Waals surface area contributed by atoms with Crippen molar-refractivity contribution in [3.8, 4) is 0 Å². The third-order valence-electron chi connectivity index (χ3n) is 3.80. The van der Waals surface area contributed by atoms with Crippen LogP contribution in [0.1, 0.15) is 24.5 Å². The molecule has 3 rings (SSSR count). The molecule has 0 radical (unpaired) electrons. The summed E-state index contributed by atoms with van der Waals surface area (Å²) in [5.41, 5.74) is 2.89. The normalized spacial score (nSPS) is 24.5. The van der Waals surface area contributed by atoms with Gasteiger partial charge in [-0.1, -0.05) is 24.3 Å². The van der Waals surface area contributed by atoms with Gasteiger partial charge in [-0.15, -0.1) is 0 Å². The molecule has 0 bridgehead atoms. The summed E-state index contributed by atoms with van der Waals surface area (Å²) < 4.78 is 0. The van der Waals surface area contributed by atoms with Crippen molar-refractivity contribution in [3.05, 3.63) is 35.4 Å². The summed E-state index contributed by atoms with van der Waals surface area (Å²) in [5.74, 6) is -1.51. The van der Waals surface area contributed by atoms with Crippen LogP contribution >= 0.6 is 0 Å². The summed E-state index contributed by atoms with van der Waals surface area (Å²) in [6.45, 7) is 1.35. The Morgan fingerprint density at radius 3 is 2.79 bits per heavy atom. The Labute approximate surface area is 110 Å². The standard InChI is InChI=1S/C14H14N2O3/c1-8(17)16-13(14(18)19)11-7-6-9-4-2-3-5-10(9)12(11)15-16/h2-5,11,13H,6-7H2,1H3,(H,18,19). The topological polar surface area (TPSA) is 70.0 Å². The summed E-state index contributed by atoms with van der Waals surface area (Å²) in [5, 5.41) is 14.7. The second-order valence-electron chi connectivity index (χ2n) is 4.93. The lowest BCUT2D eigenvalue weighted by molar-refractivity contribution is -0.149. The van der Waals surface area contributed by atoms with E-state index in [2.05, 4.69) is 5.10 Å². The Kier molecular flexibility index (Phi) is 2.62. The summed E-state index contributed by atoms with van der Waals surface area (Å²) in [7, 11) is 0. The van der Waals surface area contributed by atoms with Gasteiger partial charge in [0.25, 0.3) is 0 Å². The number of fused-ring (bicyclic) bond motifs is 3. The van der Waals surface area contributed by atoms with Crippen LogP contribution in [0.5, 0.6) is 0 Å². The quantitative estimate of drug-likeness (QED) is 0.824. The van der Waals surface area contributed by atoms with Gasteiger partial charge < -0.3 is 5.11 Å². The fourth-order valence-electron chi connectivity index (χ4n) is 2.96. The predicted molar refractivity (Wildman–Crippen MR) is 68.7 cm³/mol. The van der Waals surface area contributed by atoms with E-state index < -0.39 is 12.0 Å². The lowest BCUT2D eigenvalue weighted by Gasteiger charge is -2.25. The van der Waals surface area contributed by atoms with Gasteiger partial charge in [-0.3, -0.25) is 4.79 Å². The summed E-state index contributed by atoms with van der Waals surface area (Å²) >= 11 is 0. The second kappa shape index (κ2) is 4.19. The maximum Gasteiger partial charge on any atom is 0.329 e. The van der Waals surface area contributed by atoms with Crippen molar-refractivity contribution < 1.29 is 14.7 Å². The molecule has 2 aliphatic rings. The minimum Gasteiger partial charge on any atom is -0.480 e. The van der Waals surface area contributed by atoms with E-state index in [1.807, 2.05) is 24.3 Å². The van der Waals surface area contributed by atoms with E-state index in [1.165, 1.54) is 12.5 Å². The zero-order chi connectivity index (χ0) is 13.6. The average molecular weight is 258 g/mol. The van der Waals surface area contributed by atoms with Gasteiger partial charge in [0, 0.05) is 18.4 Å². The first kappa shape index (κ1) is 11.9. The van der Waals surface area contributed by atoms with Crippen molar-refractivity contribution in [3.63, 3.8) is 0 Å². The molecule has 1 aliphatic heterocycles. The third-order valence-corrected chi connectivity index (χ3v) is 3.80. The number of carbonyl (C=O) groups is 2. The number of amides is 1. The summed E-state index contributed by atoms with van der Waals surface area (Å²) in [6.07, 6.45) is 1.55. The number of hydrogen-bond acceptors (Lipinski definition) is 3. The van der Waals surface area contributed by atoms with Crippen molar-refractivity contribution in [2.45, 2.75) is 25.8 Å². The van der Waals surface area contributed by atoms with Crippen molar-refractivity contribution in [1.82, 2.24) is 5.01 Å². The van der Waals surface area contributed by atoms with E-state index in [-0.39, 0.29) is 11.8 Å². The largest absolute Gasteiger partial charge is 0.480 e. The number of carboxylic acid groups (broad SMARTS) is 1. The highest BCUT2D eigenvalue weighted by Gasteiger charge is 2.46. The maximum atomic E-state index is 11.6. The third kappa shape index (κ3) is 1.73. The number of carbonyl (C=O) groups excluding carboxylic acids is 1. The Morgan fingerprint density at radius 1 is 1.37 bits per heavy atom. The molecule has 1 aromatic carbocycles. The molecular formula is C14H14N2O3. The fourth-order valence-corrected chi connectivity index (χ4v) is 2.96. The monoisotopic (exact) mass is 258 g/mol. The smallest absolute Gasteiger partial charge is 0.329 e. The number of hydrazone groups is 1. The molecule has 1 N–H and O–H groups in total. The van der Waals surface area contributed by atoms with E-state index in [4.69, 9.17) is 0 Å². The predicted octanol–water partition coefficient (Wildman–Crippen LogP) is 1.27. The van der Waals surface area contributed by atoms with Gasteiger partial charge in [0.05, 0.1) is 5.71 Å². The van der Waals surface area contributed by atoms with Gasteiger partial charge in [-0.25, -0.2) is 9.80 Å². The minimum atomic E-state index is -0.988. The van der Waals surface area contributed by atoms with E-state index >= 15 is 0 Å². The molecule has 1 aliphatic carbocycles. The second-order valence-corrected chi connectivity index (χ2v) is 4.93. The molecule has 1 amide bonds. The lowest BCUT2D eigenvalue weighted by atomic mass is 9.79. The molecule has 2 unspecified atom stereocenters. The van der Waals surface area contributed by atoms with E-state index in [1.54, 1.807) is 0 Å². The molecule has 5 nitrogen and oxygen atoms in total. The molecule has 0 fully saturated rings. The van der Waals surface area contributed by atoms with Crippen LogP contribution in [0, 0.1) is 5.92 Å². The van der Waals surface area contributed by atoms with E-state index in [9.17, 15) is 14.7 Å². The molecule has 98 valence electrons. The number of nitrogens with zero attached hydrogens (tertiary/aromatic N) is 2. The van der Waals surface area contributed by atoms with E-state index in [0.29, 0.717) is 0 Å². The van der Waals surface area contributed by atoms with Crippen LogP contribution in [0.2, 0.25) is 0 Å². The Hall–Kier alpha value is -2.17.